The van der Waals surface area contributed by atoms with Gasteiger partial charge in [-0.2, -0.15) is 5.26 Å². The fourth-order valence-corrected chi connectivity index (χ4v) is 1.92. The third-order valence-electron chi connectivity index (χ3n) is 3.19. The Labute approximate surface area is 142 Å². The van der Waals surface area contributed by atoms with Crippen molar-refractivity contribution in [3.63, 3.8) is 0 Å². The number of halogens is 2. The number of nitrogens with zero attached hydrogens (tertiary/aromatic N) is 1. The van der Waals surface area contributed by atoms with Crippen LogP contribution >= 0.6 is 0 Å². The van der Waals surface area contributed by atoms with E-state index >= 15 is 0 Å². The molecule has 7 heteroatoms. The van der Waals surface area contributed by atoms with E-state index in [2.05, 4.69) is 10.6 Å². The molecule has 25 heavy (non-hydrogen) atoms. The lowest BCUT2D eigenvalue weighted by molar-refractivity contribution is -0.112. The third-order valence-corrected chi connectivity index (χ3v) is 3.19. The second kappa shape index (κ2) is 7.84. The van der Waals surface area contributed by atoms with E-state index in [-0.39, 0.29) is 17.0 Å². The van der Waals surface area contributed by atoms with Gasteiger partial charge in [0.1, 0.15) is 23.3 Å². The van der Waals surface area contributed by atoms with Crippen LogP contribution in [0.1, 0.15) is 17.3 Å². The first-order chi connectivity index (χ1) is 11.9. The minimum Gasteiger partial charge on any atom is -0.358 e. The Morgan fingerprint density at radius 3 is 2.60 bits per heavy atom. The van der Waals surface area contributed by atoms with Crippen LogP contribution in [0.3, 0.4) is 0 Å². The quantitative estimate of drug-likeness (QED) is 0.494. The van der Waals surface area contributed by atoms with Crippen molar-refractivity contribution in [2.45, 2.75) is 6.92 Å². The maximum Gasteiger partial charge on any atom is 0.267 e. The summed E-state index contributed by atoms with van der Waals surface area (Å²) in [6.45, 7) is 1.39. The van der Waals surface area contributed by atoms with Gasteiger partial charge in [0.05, 0.1) is 5.69 Å². The zero-order valence-corrected chi connectivity index (χ0v) is 13.1. The van der Waals surface area contributed by atoms with Gasteiger partial charge < -0.3 is 10.6 Å². The summed E-state index contributed by atoms with van der Waals surface area (Å²) >= 11 is 0. The summed E-state index contributed by atoms with van der Waals surface area (Å²) in [5, 5.41) is 13.9. The lowest BCUT2D eigenvalue weighted by Gasteiger charge is -2.07. The molecule has 0 spiro atoms. The first-order valence-corrected chi connectivity index (χ1v) is 7.15. The van der Waals surface area contributed by atoms with Gasteiger partial charge in [-0.1, -0.05) is 12.1 Å². The van der Waals surface area contributed by atoms with E-state index in [0.29, 0.717) is 11.3 Å². The zero-order valence-electron chi connectivity index (χ0n) is 13.1. The van der Waals surface area contributed by atoms with Gasteiger partial charge >= 0.3 is 0 Å². The molecule has 0 radical (unpaired) electrons. The molecule has 0 aliphatic rings. The molecule has 126 valence electrons. The molecule has 0 aliphatic heterocycles. The summed E-state index contributed by atoms with van der Waals surface area (Å²) in [5.74, 6) is -2.33. The number of nitrogens with one attached hydrogen (secondary N) is 2. The molecule has 0 saturated heterocycles. The van der Waals surface area contributed by atoms with Crippen LogP contribution in [0.4, 0.5) is 20.2 Å². The highest BCUT2D eigenvalue weighted by Crippen LogP contribution is 2.16. The summed E-state index contributed by atoms with van der Waals surface area (Å²) < 4.78 is 26.6. The molecule has 0 aliphatic carbocycles. The number of rotatable bonds is 5. The molecule has 0 heterocycles. The normalized spacial score (nSPS) is 10.7. The van der Waals surface area contributed by atoms with Gasteiger partial charge in [0.2, 0.25) is 0 Å². The Kier molecular flexibility index (Phi) is 5.58. The second-order valence-corrected chi connectivity index (χ2v) is 5.03. The standard InChI is InChI=1S/C18H13F2N3O2/c1-11(24)12-3-2-4-15(7-12)23-18(25)13(9-21)10-22-17-8-14(19)5-6-16(17)20/h2-8,10,22H,1H3,(H,23,25)/b13-10-. The van der Waals surface area contributed by atoms with Crippen molar-refractivity contribution in [3.8, 4) is 6.07 Å². The highest BCUT2D eigenvalue weighted by molar-refractivity contribution is 6.07. The first kappa shape index (κ1) is 17.8. The fraction of sp³-hybridized carbons (Fsp3) is 0.0556. The number of Topliss-reactive ketones (excluding diaryl/α,β-unsaturated/α-hetero) is 1. The van der Waals surface area contributed by atoms with Gasteiger partial charge in [-0.15, -0.1) is 0 Å². The van der Waals surface area contributed by atoms with Gasteiger partial charge in [-0.05, 0) is 31.2 Å². The van der Waals surface area contributed by atoms with E-state index in [1.807, 2.05) is 0 Å². The van der Waals surface area contributed by atoms with Crippen molar-refractivity contribution >= 4 is 23.1 Å². The lowest BCUT2D eigenvalue weighted by atomic mass is 10.1. The molecule has 0 atom stereocenters. The van der Waals surface area contributed by atoms with Crippen molar-refractivity contribution in [1.82, 2.24) is 0 Å². The number of ketones is 1. The minimum atomic E-state index is -0.757. The molecular weight excluding hydrogens is 328 g/mol. The largest absolute Gasteiger partial charge is 0.358 e. The molecular formula is C18H13F2N3O2. The van der Waals surface area contributed by atoms with Crippen molar-refractivity contribution in [1.29, 1.82) is 5.26 Å². The summed E-state index contributed by atoms with van der Waals surface area (Å²) in [7, 11) is 0. The third kappa shape index (κ3) is 4.72. The Hall–Kier alpha value is -3.53. The van der Waals surface area contributed by atoms with Crippen LogP contribution in [-0.2, 0) is 4.79 Å². The molecule has 2 N–H and O–H groups in total. The lowest BCUT2D eigenvalue weighted by Crippen LogP contribution is -2.15. The van der Waals surface area contributed by atoms with Gasteiger partial charge in [-0.3, -0.25) is 9.59 Å². The van der Waals surface area contributed by atoms with E-state index in [9.17, 15) is 18.4 Å². The number of carbonyl (C=O) groups excluding carboxylic acids is 2. The maximum atomic E-state index is 13.5. The SMILES string of the molecule is CC(=O)c1cccc(NC(=O)/C(C#N)=C\Nc2cc(F)ccc2F)c1. The Bertz CT molecular complexity index is 901. The molecule has 0 aromatic heterocycles. The minimum absolute atomic E-state index is 0.171. The van der Waals surface area contributed by atoms with Gasteiger partial charge in [0.25, 0.3) is 5.91 Å². The summed E-state index contributed by atoms with van der Waals surface area (Å²) in [6, 6.07) is 10.6. The molecule has 0 unspecified atom stereocenters. The van der Waals surface area contributed by atoms with E-state index < -0.39 is 17.5 Å². The average Bonchev–Trinajstić information content (AvgIpc) is 2.58. The molecule has 0 saturated carbocycles. The summed E-state index contributed by atoms with van der Waals surface area (Å²) in [5.41, 5.74) is 0.173. The van der Waals surface area contributed by atoms with E-state index in [1.165, 1.54) is 13.0 Å². The topological polar surface area (TPSA) is 82.0 Å². The maximum absolute atomic E-state index is 13.5. The number of hydrogen-bond acceptors (Lipinski definition) is 4. The van der Waals surface area contributed by atoms with Crippen LogP contribution in [0.2, 0.25) is 0 Å². The van der Waals surface area contributed by atoms with E-state index in [0.717, 1.165) is 24.4 Å². The predicted molar refractivity (Wildman–Crippen MR) is 88.8 cm³/mol. The number of carbonyl (C=O) groups is 2. The van der Waals surface area contributed by atoms with Gasteiger partial charge in [0, 0.05) is 23.5 Å². The van der Waals surface area contributed by atoms with Gasteiger partial charge in [0.15, 0.2) is 5.78 Å². The zero-order chi connectivity index (χ0) is 18.4. The van der Waals surface area contributed by atoms with Gasteiger partial charge in [-0.25, -0.2) is 8.78 Å². The smallest absolute Gasteiger partial charge is 0.267 e. The second-order valence-electron chi connectivity index (χ2n) is 5.03. The van der Waals surface area contributed by atoms with Crippen molar-refractivity contribution in [3.05, 3.63) is 71.4 Å². The number of benzene rings is 2. The molecule has 2 rings (SSSR count). The summed E-state index contributed by atoms with van der Waals surface area (Å²) in [4.78, 5) is 23.4. The molecule has 5 nitrogen and oxygen atoms in total. The van der Waals surface area contributed by atoms with Crippen LogP contribution < -0.4 is 10.6 Å². The monoisotopic (exact) mass is 341 g/mol. The van der Waals surface area contributed by atoms with Crippen molar-refractivity contribution < 1.29 is 18.4 Å². The molecule has 2 aromatic rings. The average molecular weight is 341 g/mol. The predicted octanol–water partition coefficient (Wildman–Crippen LogP) is 3.63. The van der Waals surface area contributed by atoms with Crippen LogP contribution in [0.25, 0.3) is 0 Å². The number of nitriles is 1. The number of amides is 1. The van der Waals surface area contributed by atoms with Crippen LogP contribution in [0, 0.1) is 23.0 Å². The van der Waals surface area contributed by atoms with Crippen LogP contribution in [-0.4, -0.2) is 11.7 Å². The highest BCUT2D eigenvalue weighted by atomic mass is 19.1. The number of anilines is 2. The van der Waals surface area contributed by atoms with Crippen LogP contribution in [0.5, 0.6) is 0 Å². The Balaban J connectivity index is 2.15. The highest BCUT2D eigenvalue weighted by Gasteiger charge is 2.11. The van der Waals surface area contributed by atoms with Crippen LogP contribution in [0.15, 0.2) is 54.2 Å². The van der Waals surface area contributed by atoms with Crippen molar-refractivity contribution in [2.75, 3.05) is 10.6 Å². The fourth-order valence-electron chi connectivity index (χ4n) is 1.92. The van der Waals surface area contributed by atoms with E-state index in [4.69, 9.17) is 5.26 Å². The molecule has 0 fully saturated rings. The summed E-state index contributed by atoms with van der Waals surface area (Å²) in [6.07, 6.45) is 0.974. The molecule has 2 aromatic carbocycles. The first-order valence-electron chi connectivity index (χ1n) is 7.15. The molecule has 1 amide bonds. The van der Waals surface area contributed by atoms with E-state index in [1.54, 1.807) is 24.3 Å². The number of hydrogen-bond donors (Lipinski definition) is 2. The Morgan fingerprint density at radius 2 is 1.92 bits per heavy atom. The molecule has 0 bridgehead atoms. The van der Waals surface area contributed by atoms with Crippen molar-refractivity contribution in [2.24, 2.45) is 0 Å². The Morgan fingerprint density at radius 1 is 1.16 bits per heavy atom.